The van der Waals surface area contributed by atoms with Crippen molar-refractivity contribution < 1.29 is 17.6 Å². The largest absolute Gasteiger partial charge is 0.468 e. The first-order valence-electron chi connectivity index (χ1n) is 10.2. The minimum atomic E-state index is -3.60. The van der Waals surface area contributed by atoms with Crippen molar-refractivity contribution in [3.8, 4) is 0 Å². The third-order valence-corrected chi connectivity index (χ3v) is 7.00. The molecule has 1 aromatic carbocycles. The van der Waals surface area contributed by atoms with E-state index in [0.717, 1.165) is 44.5 Å². The number of sulfonamides is 1. The van der Waals surface area contributed by atoms with Crippen LogP contribution in [0.25, 0.3) is 0 Å². The maximum atomic E-state index is 12.7. The molecule has 2 aromatic rings. The lowest BCUT2D eigenvalue weighted by molar-refractivity contribution is 0.0933. The summed E-state index contributed by atoms with van der Waals surface area (Å²) in [5, 5.41) is 2.95. The number of benzene rings is 1. The molecule has 4 rings (SSSR count). The predicted octanol–water partition coefficient (Wildman–Crippen LogP) is 2.53. The second-order valence-electron chi connectivity index (χ2n) is 7.81. The molecule has 2 aliphatic rings. The van der Waals surface area contributed by atoms with E-state index in [0.29, 0.717) is 24.6 Å². The molecule has 1 amide bonds. The minimum absolute atomic E-state index is 0.0245. The van der Waals surface area contributed by atoms with Gasteiger partial charge in [-0.25, -0.2) is 13.1 Å². The monoisotopic (exact) mass is 417 g/mol. The topological polar surface area (TPSA) is 91.7 Å². The van der Waals surface area contributed by atoms with Crippen molar-refractivity contribution in [1.29, 1.82) is 0 Å². The second-order valence-corrected chi connectivity index (χ2v) is 9.57. The van der Waals surface area contributed by atoms with Gasteiger partial charge in [-0.1, -0.05) is 6.07 Å². The van der Waals surface area contributed by atoms with Gasteiger partial charge in [0.05, 0.1) is 17.2 Å². The van der Waals surface area contributed by atoms with Crippen molar-refractivity contribution in [1.82, 2.24) is 14.9 Å². The van der Waals surface area contributed by atoms with E-state index in [-0.39, 0.29) is 16.8 Å². The molecule has 1 unspecified atom stereocenters. The Hall–Kier alpha value is -2.16. The van der Waals surface area contributed by atoms with Gasteiger partial charge in [0, 0.05) is 18.7 Å². The lowest BCUT2D eigenvalue weighted by Crippen LogP contribution is -2.36. The Labute approximate surface area is 171 Å². The molecule has 1 atom stereocenters. The van der Waals surface area contributed by atoms with Crippen LogP contribution in [0.15, 0.2) is 52.0 Å². The van der Waals surface area contributed by atoms with Crippen molar-refractivity contribution in [2.75, 3.05) is 26.2 Å². The standard InChI is InChI=1S/C21H27N3O4S/c25-21(22-15-19(20-7-4-12-28-20)24-10-1-2-11-24)17-5-3-6-18(13-17)29(26,27)23-14-16-8-9-16/h3-7,12-13,16,19,23H,1-2,8-11,14-15H2,(H,22,25). The number of rotatable bonds is 9. The molecule has 1 saturated carbocycles. The molecule has 2 N–H and O–H groups in total. The molecule has 1 saturated heterocycles. The lowest BCUT2D eigenvalue weighted by Gasteiger charge is -2.26. The fourth-order valence-corrected chi connectivity index (χ4v) is 4.83. The summed E-state index contributed by atoms with van der Waals surface area (Å²) in [5.41, 5.74) is 0.332. The van der Waals surface area contributed by atoms with Gasteiger partial charge >= 0.3 is 0 Å². The molecule has 1 aliphatic carbocycles. The average Bonchev–Trinajstić information content (AvgIpc) is 3.16. The molecule has 0 radical (unpaired) electrons. The fourth-order valence-electron chi connectivity index (χ4n) is 3.67. The summed E-state index contributed by atoms with van der Waals surface area (Å²) in [5.74, 6) is 0.980. The molecule has 156 valence electrons. The first-order chi connectivity index (χ1) is 14.0. The van der Waals surface area contributed by atoms with E-state index in [4.69, 9.17) is 4.42 Å². The van der Waals surface area contributed by atoms with Crippen LogP contribution in [-0.4, -0.2) is 45.4 Å². The zero-order valence-corrected chi connectivity index (χ0v) is 17.2. The highest BCUT2D eigenvalue weighted by molar-refractivity contribution is 7.89. The Bertz CT molecular complexity index is 933. The average molecular weight is 418 g/mol. The van der Waals surface area contributed by atoms with E-state index in [9.17, 15) is 13.2 Å². The number of likely N-dealkylation sites (tertiary alicyclic amines) is 1. The summed E-state index contributed by atoms with van der Waals surface area (Å²) in [6, 6.07) is 9.93. The van der Waals surface area contributed by atoms with Crippen LogP contribution in [0.5, 0.6) is 0 Å². The summed E-state index contributed by atoms with van der Waals surface area (Å²) < 4.78 is 33.2. The Morgan fingerprint density at radius 1 is 1.17 bits per heavy atom. The van der Waals surface area contributed by atoms with Crippen molar-refractivity contribution in [2.24, 2.45) is 5.92 Å². The molecule has 29 heavy (non-hydrogen) atoms. The van der Waals surface area contributed by atoms with E-state index in [1.54, 1.807) is 18.4 Å². The third kappa shape index (κ3) is 5.07. The van der Waals surface area contributed by atoms with E-state index >= 15 is 0 Å². The maximum absolute atomic E-state index is 12.7. The van der Waals surface area contributed by atoms with Gasteiger partial charge in [0.2, 0.25) is 10.0 Å². The Morgan fingerprint density at radius 3 is 2.66 bits per heavy atom. The van der Waals surface area contributed by atoms with Crippen molar-refractivity contribution in [3.05, 3.63) is 54.0 Å². The van der Waals surface area contributed by atoms with Gasteiger partial charge in [0.1, 0.15) is 5.76 Å². The Morgan fingerprint density at radius 2 is 1.97 bits per heavy atom. The van der Waals surface area contributed by atoms with Gasteiger partial charge in [0.25, 0.3) is 5.91 Å². The molecule has 2 fully saturated rings. The van der Waals surface area contributed by atoms with Crippen molar-refractivity contribution in [3.63, 3.8) is 0 Å². The summed E-state index contributed by atoms with van der Waals surface area (Å²) in [7, 11) is -3.60. The number of hydrogen-bond acceptors (Lipinski definition) is 5. The van der Waals surface area contributed by atoms with Crippen LogP contribution in [0, 0.1) is 5.92 Å². The zero-order chi connectivity index (χ0) is 20.3. The van der Waals surface area contributed by atoms with Crippen LogP contribution in [0.3, 0.4) is 0 Å². The highest BCUT2D eigenvalue weighted by Gasteiger charge is 2.27. The second kappa shape index (κ2) is 8.69. The highest BCUT2D eigenvalue weighted by Crippen LogP contribution is 2.28. The van der Waals surface area contributed by atoms with Crippen molar-refractivity contribution in [2.45, 2.75) is 36.6 Å². The van der Waals surface area contributed by atoms with Crippen LogP contribution < -0.4 is 10.0 Å². The molecule has 1 aromatic heterocycles. The first kappa shape index (κ1) is 20.1. The number of hydrogen-bond donors (Lipinski definition) is 2. The minimum Gasteiger partial charge on any atom is -0.468 e. The Balaban J connectivity index is 1.42. The van der Waals surface area contributed by atoms with Gasteiger partial charge in [-0.3, -0.25) is 9.69 Å². The van der Waals surface area contributed by atoms with E-state index < -0.39 is 10.0 Å². The molecule has 0 bridgehead atoms. The van der Waals surface area contributed by atoms with Gasteiger partial charge < -0.3 is 9.73 Å². The number of nitrogens with one attached hydrogen (secondary N) is 2. The SMILES string of the molecule is O=C(NCC(c1ccco1)N1CCCC1)c1cccc(S(=O)(=O)NCC2CC2)c1. The number of amides is 1. The highest BCUT2D eigenvalue weighted by atomic mass is 32.2. The molecule has 1 aliphatic heterocycles. The third-order valence-electron chi connectivity index (χ3n) is 5.57. The normalized spacial score (nSPS) is 18.6. The molecule has 0 spiro atoms. The first-order valence-corrected chi connectivity index (χ1v) is 11.7. The molecular formula is C21H27N3O4S. The number of furan rings is 1. The maximum Gasteiger partial charge on any atom is 0.251 e. The van der Waals surface area contributed by atoms with Gasteiger partial charge in [0.15, 0.2) is 0 Å². The fraction of sp³-hybridized carbons (Fsp3) is 0.476. The predicted molar refractivity (Wildman–Crippen MR) is 109 cm³/mol. The Kier molecular flexibility index (Phi) is 6.03. The van der Waals surface area contributed by atoms with Gasteiger partial charge in [-0.2, -0.15) is 0 Å². The van der Waals surface area contributed by atoms with Crippen LogP contribution >= 0.6 is 0 Å². The molecule has 8 heteroatoms. The summed E-state index contributed by atoms with van der Waals surface area (Å²) >= 11 is 0. The van der Waals surface area contributed by atoms with Gasteiger partial charge in [-0.05, 0) is 75.0 Å². The summed E-state index contributed by atoms with van der Waals surface area (Å²) in [4.78, 5) is 15.1. The van der Waals surface area contributed by atoms with E-state index in [1.165, 1.54) is 12.1 Å². The van der Waals surface area contributed by atoms with Crippen molar-refractivity contribution >= 4 is 15.9 Å². The molecular weight excluding hydrogens is 390 g/mol. The van der Waals surface area contributed by atoms with E-state index in [2.05, 4.69) is 14.9 Å². The van der Waals surface area contributed by atoms with Crippen LogP contribution in [-0.2, 0) is 10.0 Å². The van der Waals surface area contributed by atoms with Crippen LogP contribution in [0.2, 0.25) is 0 Å². The van der Waals surface area contributed by atoms with Crippen LogP contribution in [0.1, 0.15) is 47.8 Å². The number of carbonyl (C=O) groups is 1. The smallest absolute Gasteiger partial charge is 0.251 e. The molecule has 2 heterocycles. The van der Waals surface area contributed by atoms with Crippen LogP contribution in [0.4, 0.5) is 0 Å². The van der Waals surface area contributed by atoms with Gasteiger partial charge in [-0.15, -0.1) is 0 Å². The zero-order valence-electron chi connectivity index (χ0n) is 16.3. The van der Waals surface area contributed by atoms with E-state index in [1.807, 2.05) is 12.1 Å². The number of carbonyl (C=O) groups excluding carboxylic acids is 1. The number of nitrogens with zero attached hydrogens (tertiary/aromatic N) is 1. The summed E-state index contributed by atoms with van der Waals surface area (Å²) in [6.45, 7) is 2.81. The molecule has 7 nitrogen and oxygen atoms in total. The quantitative estimate of drug-likeness (QED) is 0.654. The lowest BCUT2D eigenvalue weighted by atomic mass is 10.1. The summed E-state index contributed by atoms with van der Waals surface area (Å²) in [6.07, 6.45) is 6.05.